The summed E-state index contributed by atoms with van der Waals surface area (Å²) in [6, 6.07) is 19.9. The molecule has 0 amide bonds. The van der Waals surface area contributed by atoms with Crippen LogP contribution >= 0.6 is 7.68 Å². The third kappa shape index (κ3) is 6.19. The molecule has 0 saturated carbocycles. The molecule has 0 fully saturated rings. The van der Waals surface area contributed by atoms with Gasteiger partial charge < -0.3 is 24.8 Å². The minimum atomic E-state index is -2.53. The first-order valence-electron chi connectivity index (χ1n) is 7.39. The van der Waals surface area contributed by atoms with Crippen molar-refractivity contribution in [2.45, 2.75) is 19.5 Å². The van der Waals surface area contributed by atoms with Crippen LogP contribution in [0.5, 0.6) is 0 Å². The fourth-order valence-electron chi connectivity index (χ4n) is 2.67. The van der Waals surface area contributed by atoms with E-state index < -0.39 is 13.3 Å². The van der Waals surface area contributed by atoms with Crippen LogP contribution in [0.15, 0.2) is 70.0 Å². The molecule has 2 nitrogen and oxygen atoms in total. The summed E-state index contributed by atoms with van der Waals surface area (Å²) in [5, 5.41) is 0. The van der Waals surface area contributed by atoms with Crippen LogP contribution < -0.4 is 24.8 Å². The van der Waals surface area contributed by atoms with Crippen molar-refractivity contribution >= 4 is 18.8 Å². The quantitative estimate of drug-likeness (QED) is 0.440. The Labute approximate surface area is 177 Å². The van der Waals surface area contributed by atoms with Crippen molar-refractivity contribution in [3.05, 3.63) is 81.1 Å². The molecule has 25 heavy (non-hydrogen) atoms. The molecule has 2 aromatic carbocycles. The largest absolute Gasteiger partial charge is 1.00 e. The molecule has 129 valence electrons. The second kappa shape index (κ2) is 11.8. The molecule has 0 radical (unpaired) electrons. The van der Waals surface area contributed by atoms with Crippen molar-refractivity contribution in [1.29, 1.82) is 0 Å². The average Bonchev–Trinajstić information content (AvgIpc) is 2.57. The molecule has 0 saturated heterocycles. The number of benzene rings is 2. The molecule has 1 unspecified atom stereocenters. The van der Waals surface area contributed by atoms with E-state index in [0.29, 0.717) is 0 Å². The van der Waals surface area contributed by atoms with Crippen LogP contribution in [0.4, 0.5) is 0 Å². The summed E-state index contributed by atoms with van der Waals surface area (Å²) in [6.45, 7) is 3.77. The first-order chi connectivity index (χ1) is 11.1. The van der Waals surface area contributed by atoms with Crippen molar-refractivity contribution in [2.24, 2.45) is 0 Å². The molecule has 2 aromatic rings. The Bertz CT molecular complexity index is 793. The van der Waals surface area contributed by atoms with Gasteiger partial charge in [-0.2, -0.15) is 0 Å². The van der Waals surface area contributed by atoms with E-state index in [1.807, 2.05) is 55.5 Å². The van der Waals surface area contributed by atoms with Crippen molar-refractivity contribution in [3.8, 4) is 0 Å². The molecule has 0 bridgehead atoms. The van der Waals surface area contributed by atoms with Crippen LogP contribution in [0, 0.1) is 0 Å². The zero-order valence-corrected chi connectivity index (χ0v) is 18.8. The van der Waals surface area contributed by atoms with Crippen LogP contribution in [0.3, 0.4) is 0 Å². The second-order valence-corrected chi connectivity index (χ2v) is 7.34. The molecule has 1 atom stereocenters. The minimum Gasteiger partial charge on any atom is -1.00 e. The molecular formula is C19H18Cl2O2PZr. The normalized spacial score (nSPS) is 13.0. The smallest absolute Gasteiger partial charge is 1.00 e. The van der Waals surface area contributed by atoms with E-state index in [1.165, 1.54) is 24.7 Å². The van der Waals surface area contributed by atoms with Crippen LogP contribution in [0.25, 0.3) is 11.1 Å². The van der Waals surface area contributed by atoms with Gasteiger partial charge in [0.05, 0.1) is 0 Å². The van der Waals surface area contributed by atoms with E-state index in [-0.39, 0.29) is 24.8 Å². The van der Waals surface area contributed by atoms with Gasteiger partial charge >= 0.3 is 153 Å². The molecule has 0 aliphatic heterocycles. The van der Waals surface area contributed by atoms with Gasteiger partial charge in [0, 0.05) is 0 Å². The first-order valence-corrected chi connectivity index (χ1v) is 10.1. The van der Waals surface area contributed by atoms with Gasteiger partial charge in [0.15, 0.2) is 0 Å². The van der Waals surface area contributed by atoms with Crippen LogP contribution in [0.2, 0.25) is 0 Å². The maximum Gasteiger partial charge on any atom is -1.00 e. The molecule has 0 heterocycles. The van der Waals surface area contributed by atoms with Crippen LogP contribution in [-0.4, -0.2) is 5.66 Å². The number of rotatable bonds is 5. The summed E-state index contributed by atoms with van der Waals surface area (Å²) in [6.07, 6.45) is 0. The molecule has 6 heteroatoms. The summed E-state index contributed by atoms with van der Waals surface area (Å²) in [5.41, 5.74) is 4.55. The Morgan fingerprint density at radius 2 is 1.36 bits per heavy atom. The number of allylic oxidation sites excluding steroid dienone is 3. The van der Waals surface area contributed by atoms with Gasteiger partial charge in [0.25, 0.3) is 0 Å². The third-order valence-corrected chi connectivity index (χ3v) is 5.46. The molecule has 0 aromatic heterocycles. The van der Waals surface area contributed by atoms with Crippen molar-refractivity contribution < 1.29 is 58.7 Å². The average molecular weight is 471 g/mol. The standard InChI is InChI=1S/C19H18O2P.2ClH.Zr/c1-14(17-10-6-4-7-11-17)15(2)19(16(3)22(20)21)18-12-8-5-9-13-18;;;/h1,4-13,16H,2-3H3;2*1H;/q;;;+2/p-2. The molecule has 0 aliphatic carbocycles. The van der Waals surface area contributed by atoms with E-state index in [1.54, 1.807) is 6.92 Å². The zero-order chi connectivity index (χ0) is 16.8. The zero-order valence-electron chi connectivity index (χ0n) is 13.9. The summed E-state index contributed by atoms with van der Waals surface area (Å²) < 4.78 is 25.4. The maximum atomic E-state index is 11.7. The fraction of sp³-hybridized carbons (Fsp3) is 0.158. The Morgan fingerprint density at radius 3 is 1.76 bits per heavy atom. The van der Waals surface area contributed by atoms with Gasteiger partial charge in [-0.1, -0.05) is 0 Å². The van der Waals surface area contributed by atoms with Crippen LogP contribution in [-0.2, 0) is 33.8 Å². The summed E-state index contributed by atoms with van der Waals surface area (Å²) in [7, 11) is -2.53. The van der Waals surface area contributed by atoms with E-state index in [0.717, 1.165) is 27.8 Å². The fourth-order valence-corrected chi connectivity index (χ4v) is 4.16. The molecular weight excluding hydrogens is 453 g/mol. The molecule has 2 rings (SSSR count). The topological polar surface area (TPSA) is 34.1 Å². The van der Waals surface area contributed by atoms with E-state index >= 15 is 0 Å². The van der Waals surface area contributed by atoms with E-state index in [4.69, 9.17) is 0 Å². The predicted octanol–water partition coefficient (Wildman–Crippen LogP) is -0.383. The molecule has 0 spiro atoms. The first kappa shape index (κ1) is 24.3. The second-order valence-electron chi connectivity index (χ2n) is 5.29. The number of hydrogen-bond donors (Lipinski definition) is 0. The van der Waals surface area contributed by atoms with Crippen molar-refractivity contribution in [1.82, 2.24) is 0 Å². The van der Waals surface area contributed by atoms with E-state index in [2.05, 4.69) is 15.9 Å². The Balaban J connectivity index is 0.00000288. The SMILES string of the molecule is CC(C(=[CH][Zr+2])c1ccccc1)=C(c1ccccc1)C(C)P(=O)=O.[Cl-].[Cl-]. The predicted molar refractivity (Wildman–Crippen MR) is 91.2 cm³/mol. The molecule has 0 N–H and O–H groups in total. The number of halogens is 2. The molecule has 0 aliphatic rings. The van der Waals surface area contributed by atoms with Gasteiger partial charge in [0.2, 0.25) is 0 Å². The Morgan fingerprint density at radius 1 is 0.920 bits per heavy atom. The van der Waals surface area contributed by atoms with Crippen molar-refractivity contribution in [3.63, 3.8) is 0 Å². The summed E-state index contributed by atoms with van der Waals surface area (Å²) in [4.78, 5) is 0. The summed E-state index contributed by atoms with van der Waals surface area (Å²) >= 11 is 1.29. The van der Waals surface area contributed by atoms with Gasteiger partial charge in [-0.15, -0.1) is 0 Å². The van der Waals surface area contributed by atoms with E-state index in [9.17, 15) is 9.13 Å². The van der Waals surface area contributed by atoms with Gasteiger partial charge in [0.1, 0.15) is 0 Å². The van der Waals surface area contributed by atoms with Gasteiger partial charge in [-0.3, -0.25) is 0 Å². The summed E-state index contributed by atoms with van der Waals surface area (Å²) in [5.74, 6) is 0. The monoisotopic (exact) mass is 469 g/mol. The van der Waals surface area contributed by atoms with Crippen LogP contribution in [0.1, 0.15) is 25.0 Å². The van der Waals surface area contributed by atoms with Gasteiger partial charge in [-0.25, -0.2) is 0 Å². The van der Waals surface area contributed by atoms with Crippen molar-refractivity contribution in [2.75, 3.05) is 0 Å². The van der Waals surface area contributed by atoms with Gasteiger partial charge in [-0.05, 0) is 0 Å². The minimum absolute atomic E-state index is 0. The Hall–Kier alpha value is -0.717. The number of hydrogen-bond acceptors (Lipinski definition) is 2. The maximum absolute atomic E-state index is 11.7. The third-order valence-electron chi connectivity index (χ3n) is 3.86. The Kier molecular flexibility index (Phi) is 11.5.